The molecule has 0 aliphatic heterocycles. The van der Waals surface area contributed by atoms with E-state index in [2.05, 4.69) is 30.6 Å². The molecule has 1 nitrogen and oxygen atoms in total. The van der Waals surface area contributed by atoms with E-state index in [4.69, 9.17) is 11.6 Å². The summed E-state index contributed by atoms with van der Waals surface area (Å²) in [5, 5.41) is 4.44. The lowest BCUT2D eigenvalue weighted by molar-refractivity contribution is 0.497. The highest BCUT2D eigenvalue weighted by Gasteiger charge is 2.08. The van der Waals surface area contributed by atoms with Crippen LogP contribution in [0.2, 0.25) is 5.02 Å². The molecule has 1 unspecified atom stereocenters. The van der Waals surface area contributed by atoms with Crippen LogP contribution in [0, 0.1) is 0 Å². The Hall–Kier alpha value is -0.180. The van der Waals surface area contributed by atoms with E-state index >= 15 is 0 Å². The Bertz CT molecular complexity index is 292. The Morgan fingerprint density at radius 2 is 2.00 bits per heavy atom. The van der Waals surface area contributed by atoms with Crippen molar-refractivity contribution in [2.45, 2.75) is 32.2 Å². The van der Waals surface area contributed by atoms with Gasteiger partial charge in [0.15, 0.2) is 0 Å². The van der Waals surface area contributed by atoms with Crippen LogP contribution in [0.25, 0.3) is 0 Å². The number of halogens is 1. The molecule has 1 rings (SSSR count). The second-order valence-corrected chi connectivity index (χ2v) is 5.69. The first kappa shape index (κ1) is 14.9. The summed E-state index contributed by atoms with van der Waals surface area (Å²) in [6, 6.07) is 8.79. The number of nitrogens with one attached hydrogen (secondary N) is 1. The predicted octanol–water partition coefficient (Wildman–Crippen LogP) is 4.00. The van der Waals surface area contributed by atoms with Gasteiger partial charge < -0.3 is 5.32 Å². The van der Waals surface area contributed by atoms with Gasteiger partial charge in [0.2, 0.25) is 0 Å². The highest BCUT2D eigenvalue weighted by Crippen LogP contribution is 2.13. The molecule has 0 aliphatic rings. The minimum Gasteiger partial charge on any atom is -0.314 e. The van der Waals surface area contributed by atoms with Crippen molar-refractivity contribution in [3.05, 3.63) is 34.9 Å². The third kappa shape index (κ3) is 6.35. The van der Waals surface area contributed by atoms with Crippen molar-refractivity contribution in [1.82, 2.24) is 5.32 Å². The molecule has 0 heterocycles. The molecule has 0 bridgehead atoms. The van der Waals surface area contributed by atoms with Gasteiger partial charge in [0.1, 0.15) is 0 Å². The fourth-order valence-corrected chi connectivity index (χ4v) is 2.44. The molecule has 0 spiro atoms. The Morgan fingerprint density at radius 3 is 2.59 bits per heavy atom. The van der Waals surface area contributed by atoms with Crippen molar-refractivity contribution < 1.29 is 0 Å². The standard InChI is InChI=1S/C14H22ClNS/c1-3-9-16-14(8-10-17-2)11-12-4-6-13(15)7-5-12/h4-7,14,16H,3,8-11H2,1-2H3. The van der Waals surface area contributed by atoms with Crippen LogP contribution in [0.4, 0.5) is 0 Å². The maximum Gasteiger partial charge on any atom is 0.0406 e. The molecular formula is C14H22ClNS. The van der Waals surface area contributed by atoms with E-state index in [0.717, 1.165) is 18.0 Å². The van der Waals surface area contributed by atoms with Crippen molar-refractivity contribution in [2.75, 3.05) is 18.6 Å². The number of rotatable bonds is 8. The first-order chi connectivity index (χ1) is 8.26. The average molecular weight is 272 g/mol. The van der Waals surface area contributed by atoms with Gasteiger partial charge in [-0.15, -0.1) is 0 Å². The molecule has 0 radical (unpaired) electrons. The van der Waals surface area contributed by atoms with E-state index in [1.807, 2.05) is 23.9 Å². The lowest BCUT2D eigenvalue weighted by Gasteiger charge is -2.18. The predicted molar refractivity (Wildman–Crippen MR) is 80.2 cm³/mol. The Kier molecular flexibility index (Phi) is 7.74. The molecule has 17 heavy (non-hydrogen) atoms. The topological polar surface area (TPSA) is 12.0 Å². The number of benzene rings is 1. The Balaban J connectivity index is 2.48. The fourth-order valence-electron chi connectivity index (χ4n) is 1.79. The zero-order valence-corrected chi connectivity index (χ0v) is 12.3. The average Bonchev–Trinajstić information content (AvgIpc) is 2.35. The monoisotopic (exact) mass is 271 g/mol. The van der Waals surface area contributed by atoms with Crippen LogP contribution in [0.5, 0.6) is 0 Å². The number of thioether (sulfide) groups is 1. The summed E-state index contributed by atoms with van der Waals surface area (Å²) in [5.74, 6) is 1.22. The van der Waals surface area contributed by atoms with Gasteiger partial charge in [-0.3, -0.25) is 0 Å². The highest BCUT2D eigenvalue weighted by atomic mass is 35.5. The normalized spacial score (nSPS) is 12.6. The molecule has 0 amide bonds. The second-order valence-electron chi connectivity index (χ2n) is 4.26. The number of hydrogen-bond acceptors (Lipinski definition) is 2. The summed E-state index contributed by atoms with van der Waals surface area (Å²) in [6.07, 6.45) is 5.68. The maximum atomic E-state index is 5.90. The fraction of sp³-hybridized carbons (Fsp3) is 0.571. The van der Waals surface area contributed by atoms with Gasteiger partial charge in [0.25, 0.3) is 0 Å². The van der Waals surface area contributed by atoms with E-state index in [9.17, 15) is 0 Å². The molecule has 1 atom stereocenters. The van der Waals surface area contributed by atoms with E-state index < -0.39 is 0 Å². The largest absolute Gasteiger partial charge is 0.314 e. The van der Waals surface area contributed by atoms with Crippen LogP contribution in [-0.4, -0.2) is 24.6 Å². The summed E-state index contributed by atoms with van der Waals surface area (Å²) in [7, 11) is 0. The molecule has 0 saturated carbocycles. The first-order valence-corrected chi connectivity index (χ1v) is 8.00. The van der Waals surface area contributed by atoms with Gasteiger partial charge >= 0.3 is 0 Å². The van der Waals surface area contributed by atoms with Gasteiger partial charge in [-0.25, -0.2) is 0 Å². The lowest BCUT2D eigenvalue weighted by Crippen LogP contribution is -2.32. The van der Waals surface area contributed by atoms with Crippen molar-refractivity contribution in [3.8, 4) is 0 Å². The number of hydrogen-bond donors (Lipinski definition) is 1. The summed E-state index contributed by atoms with van der Waals surface area (Å²) in [4.78, 5) is 0. The van der Waals surface area contributed by atoms with Crippen LogP contribution >= 0.6 is 23.4 Å². The molecule has 1 N–H and O–H groups in total. The molecule has 0 saturated heterocycles. The quantitative estimate of drug-likeness (QED) is 0.767. The van der Waals surface area contributed by atoms with E-state index in [1.54, 1.807) is 0 Å². The zero-order chi connectivity index (χ0) is 12.5. The third-order valence-corrected chi connectivity index (χ3v) is 3.64. The SMILES string of the molecule is CCCNC(CCSC)Cc1ccc(Cl)cc1. The van der Waals surface area contributed by atoms with E-state index in [-0.39, 0.29) is 0 Å². The van der Waals surface area contributed by atoms with Gasteiger partial charge in [-0.05, 0) is 55.5 Å². The Labute approximate surface area is 114 Å². The van der Waals surface area contributed by atoms with Crippen molar-refractivity contribution >= 4 is 23.4 Å². The van der Waals surface area contributed by atoms with E-state index in [1.165, 1.54) is 24.2 Å². The second kappa shape index (κ2) is 8.84. The Morgan fingerprint density at radius 1 is 1.29 bits per heavy atom. The molecule has 0 aliphatic carbocycles. The molecule has 3 heteroatoms. The van der Waals surface area contributed by atoms with E-state index in [0.29, 0.717) is 6.04 Å². The van der Waals surface area contributed by atoms with Gasteiger partial charge in [-0.2, -0.15) is 11.8 Å². The minimum absolute atomic E-state index is 0.587. The van der Waals surface area contributed by atoms with Crippen LogP contribution in [0.3, 0.4) is 0 Å². The molecule has 0 fully saturated rings. The molecule has 0 aromatic heterocycles. The van der Waals surface area contributed by atoms with Gasteiger partial charge in [0.05, 0.1) is 0 Å². The smallest absolute Gasteiger partial charge is 0.0406 e. The van der Waals surface area contributed by atoms with Gasteiger partial charge in [-0.1, -0.05) is 30.7 Å². The summed E-state index contributed by atoms with van der Waals surface area (Å²) in [6.45, 7) is 3.31. The van der Waals surface area contributed by atoms with Crippen molar-refractivity contribution in [3.63, 3.8) is 0 Å². The summed E-state index contributed by atoms with van der Waals surface area (Å²) >= 11 is 7.81. The molecule has 96 valence electrons. The first-order valence-electron chi connectivity index (χ1n) is 6.23. The van der Waals surface area contributed by atoms with Crippen molar-refractivity contribution in [2.24, 2.45) is 0 Å². The summed E-state index contributed by atoms with van der Waals surface area (Å²) < 4.78 is 0. The van der Waals surface area contributed by atoms with Crippen molar-refractivity contribution in [1.29, 1.82) is 0 Å². The van der Waals surface area contributed by atoms with Gasteiger partial charge in [0, 0.05) is 11.1 Å². The third-order valence-electron chi connectivity index (χ3n) is 2.75. The van der Waals surface area contributed by atoms with Crippen LogP contribution < -0.4 is 5.32 Å². The summed E-state index contributed by atoms with van der Waals surface area (Å²) in [5.41, 5.74) is 1.36. The van der Waals surface area contributed by atoms with Crippen LogP contribution in [0.1, 0.15) is 25.3 Å². The minimum atomic E-state index is 0.587. The lowest BCUT2D eigenvalue weighted by atomic mass is 10.0. The molecule has 1 aromatic carbocycles. The van der Waals surface area contributed by atoms with Crippen LogP contribution in [0.15, 0.2) is 24.3 Å². The highest BCUT2D eigenvalue weighted by molar-refractivity contribution is 7.98. The van der Waals surface area contributed by atoms with Crippen LogP contribution in [-0.2, 0) is 6.42 Å². The molecular weight excluding hydrogens is 250 g/mol. The molecule has 1 aromatic rings. The zero-order valence-electron chi connectivity index (χ0n) is 10.7. The maximum absolute atomic E-state index is 5.90.